The van der Waals surface area contributed by atoms with Crippen molar-refractivity contribution in [1.82, 2.24) is 4.90 Å². The SMILES string of the molecule is COC(=O)C1C2C=CC3(CN(CCCOC(C)C)C(=O)C13)O2. The van der Waals surface area contributed by atoms with Crippen LogP contribution in [-0.4, -0.2) is 61.4 Å². The minimum atomic E-state index is -0.639. The highest BCUT2D eigenvalue weighted by Gasteiger charge is 2.67. The number of fused-ring (bicyclic) bond motifs is 1. The summed E-state index contributed by atoms with van der Waals surface area (Å²) in [5.74, 6) is -1.33. The predicted molar refractivity (Wildman–Crippen MR) is 78.0 cm³/mol. The molecule has 0 N–H and O–H groups in total. The average molecular weight is 309 g/mol. The highest BCUT2D eigenvalue weighted by molar-refractivity contribution is 5.91. The van der Waals surface area contributed by atoms with Gasteiger partial charge in [-0.15, -0.1) is 0 Å². The molecule has 2 fully saturated rings. The summed E-state index contributed by atoms with van der Waals surface area (Å²) in [6.07, 6.45) is 4.48. The van der Waals surface area contributed by atoms with E-state index in [1.807, 2.05) is 26.0 Å². The van der Waals surface area contributed by atoms with Crippen molar-refractivity contribution in [2.45, 2.75) is 38.1 Å². The van der Waals surface area contributed by atoms with Gasteiger partial charge in [0.15, 0.2) is 0 Å². The minimum Gasteiger partial charge on any atom is -0.469 e. The maximum absolute atomic E-state index is 12.7. The molecular weight excluding hydrogens is 286 g/mol. The molecule has 2 bridgehead atoms. The van der Waals surface area contributed by atoms with Gasteiger partial charge in [-0.1, -0.05) is 12.2 Å². The molecule has 3 rings (SSSR count). The lowest BCUT2D eigenvalue weighted by molar-refractivity contribution is -0.151. The summed E-state index contributed by atoms with van der Waals surface area (Å²) in [4.78, 5) is 26.5. The van der Waals surface area contributed by atoms with Crippen LogP contribution in [0.15, 0.2) is 12.2 Å². The van der Waals surface area contributed by atoms with Crippen molar-refractivity contribution in [3.63, 3.8) is 0 Å². The third kappa shape index (κ3) is 2.34. The van der Waals surface area contributed by atoms with Crippen molar-refractivity contribution in [1.29, 1.82) is 0 Å². The molecule has 1 spiro atoms. The van der Waals surface area contributed by atoms with Crippen LogP contribution >= 0.6 is 0 Å². The molecule has 4 atom stereocenters. The van der Waals surface area contributed by atoms with E-state index in [1.54, 1.807) is 4.90 Å². The van der Waals surface area contributed by atoms with E-state index < -0.39 is 17.4 Å². The number of rotatable bonds is 6. The number of esters is 1. The fourth-order valence-electron chi connectivity index (χ4n) is 3.75. The van der Waals surface area contributed by atoms with Gasteiger partial charge in [0.25, 0.3) is 0 Å². The van der Waals surface area contributed by atoms with Gasteiger partial charge in [-0.2, -0.15) is 0 Å². The second kappa shape index (κ2) is 5.66. The zero-order valence-corrected chi connectivity index (χ0v) is 13.3. The van der Waals surface area contributed by atoms with E-state index in [1.165, 1.54) is 7.11 Å². The highest BCUT2D eigenvalue weighted by atomic mass is 16.5. The van der Waals surface area contributed by atoms with Crippen LogP contribution in [0.25, 0.3) is 0 Å². The number of carbonyl (C=O) groups excluding carboxylic acids is 2. The zero-order valence-electron chi connectivity index (χ0n) is 13.3. The summed E-state index contributed by atoms with van der Waals surface area (Å²) in [5.41, 5.74) is -0.639. The van der Waals surface area contributed by atoms with E-state index in [4.69, 9.17) is 14.2 Å². The van der Waals surface area contributed by atoms with E-state index >= 15 is 0 Å². The summed E-state index contributed by atoms with van der Waals surface area (Å²) in [5, 5.41) is 0. The molecule has 122 valence electrons. The lowest BCUT2D eigenvalue weighted by atomic mass is 9.77. The van der Waals surface area contributed by atoms with E-state index in [2.05, 4.69) is 0 Å². The molecule has 0 aromatic heterocycles. The number of hydrogen-bond donors (Lipinski definition) is 0. The Balaban J connectivity index is 1.66. The Hall–Kier alpha value is -1.40. The number of hydrogen-bond acceptors (Lipinski definition) is 5. The van der Waals surface area contributed by atoms with Gasteiger partial charge in [0.05, 0.1) is 31.8 Å². The molecule has 0 aromatic carbocycles. The van der Waals surface area contributed by atoms with Crippen molar-refractivity contribution in [3.05, 3.63) is 12.2 Å². The van der Waals surface area contributed by atoms with Gasteiger partial charge < -0.3 is 19.1 Å². The van der Waals surface area contributed by atoms with E-state index in [0.29, 0.717) is 19.7 Å². The lowest BCUT2D eigenvalue weighted by Crippen LogP contribution is -2.39. The topological polar surface area (TPSA) is 65.1 Å². The predicted octanol–water partition coefficient (Wildman–Crippen LogP) is 0.756. The second-order valence-electron chi connectivity index (χ2n) is 6.46. The molecule has 6 heteroatoms. The Morgan fingerprint density at radius 1 is 1.55 bits per heavy atom. The van der Waals surface area contributed by atoms with E-state index in [0.717, 1.165) is 6.42 Å². The Labute approximate surface area is 130 Å². The standard InChI is InChI=1S/C16H23NO5/c1-10(2)21-8-4-7-17-9-16-6-5-11(22-16)12(15(19)20-3)13(16)14(17)18/h5-6,10-13H,4,7-9H2,1-3H3. The molecule has 0 aromatic rings. The molecule has 1 amide bonds. The molecule has 0 aliphatic carbocycles. The molecule has 0 saturated carbocycles. The van der Waals surface area contributed by atoms with Gasteiger partial charge in [-0.05, 0) is 20.3 Å². The number of ether oxygens (including phenoxy) is 3. The fourth-order valence-corrected chi connectivity index (χ4v) is 3.75. The smallest absolute Gasteiger partial charge is 0.312 e. The lowest BCUT2D eigenvalue weighted by Gasteiger charge is -2.22. The molecule has 3 aliphatic rings. The van der Waals surface area contributed by atoms with Crippen molar-refractivity contribution in [3.8, 4) is 0 Å². The summed E-state index contributed by atoms with van der Waals surface area (Å²) in [6, 6.07) is 0. The van der Waals surface area contributed by atoms with Gasteiger partial charge in [0, 0.05) is 13.2 Å². The van der Waals surface area contributed by atoms with Crippen molar-refractivity contribution in [2.75, 3.05) is 26.8 Å². The van der Waals surface area contributed by atoms with Crippen LogP contribution in [0.2, 0.25) is 0 Å². The number of nitrogens with zero attached hydrogens (tertiary/aromatic N) is 1. The second-order valence-corrected chi connectivity index (χ2v) is 6.46. The van der Waals surface area contributed by atoms with Gasteiger partial charge >= 0.3 is 5.97 Å². The first kappa shape index (κ1) is 15.5. The Morgan fingerprint density at radius 2 is 2.32 bits per heavy atom. The maximum atomic E-state index is 12.7. The van der Waals surface area contributed by atoms with Crippen LogP contribution in [0.4, 0.5) is 0 Å². The molecule has 3 heterocycles. The first-order chi connectivity index (χ1) is 10.5. The van der Waals surface area contributed by atoms with Crippen molar-refractivity contribution < 1.29 is 23.8 Å². The normalized spacial score (nSPS) is 35.5. The quantitative estimate of drug-likeness (QED) is 0.412. The number of methoxy groups -OCH3 is 1. The van der Waals surface area contributed by atoms with Crippen molar-refractivity contribution >= 4 is 11.9 Å². The minimum absolute atomic E-state index is 0.00760. The number of likely N-dealkylation sites (tertiary alicyclic amines) is 1. The Morgan fingerprint density at radius 3 is 3.00 bits per heavy atom. The summed E-state index contributed by atoms with van der Waals surface area (Å²) in [7, 11) is 1.35. The highest BCUT2D eigenvalue weighted by Crippen LogP contribution is 2.52. The average Bonchev–Trinajstić information content (AvgIpc) is 3.11. The van der Waals surface area contributed by atoms with Crippen LogP contribution in [0.1, 0.15) is 20.3 Å². The maximum Gasteiger partial charge on any atom is 0.312 e. The molecule has 2 saturated heterocycles. The van der Waals surface area contributed by atoms with Crippen LogP contribution in [0.3, 0.4) is 0 Å². The molecule has 3 aliphatic heterocycles. The zero-order chi connectivity index (χ0) is 15.9. The van der Waals surface area contributed by atoms with E-state index in [9.17, 15) is 9.59 Å². The monoisotopic (exact) mass is 309 g/mol. The number of carbonyl (C=O) groups is 2. The Kier molecular flexibility index (Phi) is 3.99. The molecule has 22 heavy (non-hydrogen) atoms. The van der Waals surface area contributed by atoms with Crippen LogP contribution in [0, 0.1) is 11.8 Å². The van der Waals surface area contributed by atoms with Crippen molar-refractivity contribution in [2.24, 2.45) is 11.8 Å². The van der Waals surface area contributed by atoms with Gasteiger partial charge in [-0.3, -0.25) is 9.59 Å². The first-order valence-corrected chi connectivity index (χ1v) is 7.84. The molecule has 6 nitrogen and oxygen atoms in total. The first-order valence-electron chi connectivity index (χ1n) is 7.84. The summed E-state index contributed by atoms with van der Waals surface area (Å²) < 4.78 is 16.3. The molecule has 0 radical (unpaired) electrons. The van der Waals surface area contributed by atoms with E-state index in [-0.39, 0.29) is 24.1 Å². The van der Waals surface area contributed by atoms with Gasteiger partial charge in [0.2, 0.25) is 5.91 Å². The third-order valence-electron chi connectivity index (χ3n) is 4.68. The largest absolute Gasteiger partial charge is 0.469 e. The fraction of sp³-hybridized carbons (Fsp3) is 0.750. The summed E-state index contributed by atoms with van der Waals surface area (Å²) in [6.45, 7) is 5.74. The van der Waals surface area contributed by atoms with Gasteiger partial charge in [0.1, 0.15) is 11.5 Å². The molecular formula is C16H23NO5. The number of amides is 1. The Bertz CT molecular complexity index is 503. The summed E-state index contributed by atoms with van der Waals surface area (Å²) >= 11 is 0. The van der Waals surface area contributed by atoms with Gasteiger partial charge in [-0.25, -0.2) is 0 Å². The third-order valence-corrected chi connectivity index (χ3v) is 4.68. The molecule has 4 unspecified atom stereocenters. The van der Waals surface area contributed by atoms with Crippen LogP contribution in [-0.2, 0) is 23.8 Å². The van der Waals surface area contributed by atoms with Crippen LogP contribution in [0.5, 0.6) is 0 Å². The van der Waals surface area contributed by atoms with Crippen LogP contribution < -0.4 is 0 Å².